The van der Waals surface area contributed by atoms with E-state index in [1.807, 2.05) is 0 Å². The van der Waals surface area contributed by atoms with E-state index < -0.39 is 6.09 Å². The zero-order valence-corrected chi connectivity index (χ0v) is 10.7. The first kappa shape index (κ1) is 12.7. The Kier molecular flexibility index (Phi) is 3.14. The van der Waals surface area contributed by atoms with Gasteiger partial charge in [-0.05, 0) is 18.6 Å². The van der Waals surface area contributed by atoms with Crippen molar-refractivity contribution in [2.24, 2.45) is 0 Å². The average molecular weight is 275 g/mol. The van der Waals surface area contributed by atoms with Crippen LogP contribution in [0.4, 0.5) is 14.9 Å². The summed E-state index contributed by atoms with van der Waals surface area (Å²) in [6.45, 7) is 0.957. The van der Waals surface area contributed by atoms with Gasteiger partial charge < -0.3 is 15.3 Å². The van der Waals surface area contributed by atoms with Crippen LogP contribution >= 0.6 is 0 Å². The summed E-state index contributed by atoms with van der Waals surface area (Å²) in [5.41, 5.74) is 1.11. The molecule has 1 aromatic carbocycles. The molecule has 1 unspecified atom stereocenters. The number of carboxylic acid groups (broad SMARTS) is 1. The van der Waals surface area contributed by atoms with Crippen LogP contribution in [0.25, 0.3) is 10.9 Å². The third-order valence-electron chi connectivity index (χ3n) is 3.54. The number of nitrogens with zero attached hydrogens (tertiary/aromatic N) is 2. The quantitative estimate of drug-likeness (QED) is 0.884. The lowest BCUT2D eigenvalue weighted by atomic mass is 10.1. The van der Waals surface area contributed by atoms with Crippen LogP contribution in [-0.2, 0) is 0 Å². The molecule has 1 saturated heterocycles. The van der Waals surface area contributed by atoms with Crippen molar-refractivity contribution in [3.8, 4) is 0 Å². The molecule has 0 aliphatic carbocycles. The zero-order chi connectivity index (χ0) is 14.1. The van der Waals surface area contributed by atoms with E-state index in [0.717, 1.165) is 12.1 Å². The van der Waals surface area contributed by atoms with E-state index in [0.29, 0.717) is 24.0 Å². The van der Waals surface area contributed by atoms with Gasteiger partial charge in [0.1, 0.15) is 11.3 Å². The number of likely N-dealkylation sites (tertiary alicyclic amines) is 1. The van der Waals surface area contributed by atoms with Crippen molar-refractivity contribution in [3.63, 3.8) is 0 Å². The maximum atomic E-state index is 13.7. The first-order chi connectivity index (χ1) is 9.65. The molecule has 1 aromatic heterocycles. The van der Waals surface area contributed by atoms with E-state index in [2.05, 4.69) is 10.3 Å². The molecule has 0 radical (unpaired) electrons. The SMILES string of the molecule is O=C(O)N1CCC(Nc2ccnc3c(F)cccc23)C1. The molecular formula is C14H14FN3O2. The molecule has 2 aromatic rings. The predicted octanol–water partition coefficient (Wildman–Crippen LogP) is 2.54. The van der Waals surface area contributed by atoms with Gasteiger partial charge in [0, 0.05) is 36.4 Å². The average Bonchev–Trinajstić information content (AvgIpc) is 2.89. The standard InChI is InChI=1S/C14H14FN3O2/c15-11-3-1-2-10-12(4-6-16-13(10)11)17-9-5-7-18(8-9)14(19)20/h1-4,6,9H,5,7-8H2,(H,16,17)(H,19,20). The molecule has 104 valence electrons. The van der Waals surface area contributed by atoms with Gasteiger partial charge in [0.15, 0.2) is 0 Å². The fourth-order valence-corrected chi connectivity index (χ4v) is 2.54. The van der Waals surface area contributed by atoms with Crippen molar-refractivity contribution >= 4 is 22.7 Å². The summed E-state index contributed by atoms with van der Waals surface area (Å²) >= 11 is 0. The molecule has 5 nitrogen and oxygen atoms in total. The zero-order valence-electron chi connectivity index (χ0n) is 10.7. The molecule has 6 heteroatoms. The Balaban J connectivity index is 1.85. The van der Waals surface area contributed by atoms with Crippen LogP contribution < -0.4 is 5.32 Å². The second-order valence-electron chi connectivity index (χ2n) is 4.85. The minimum absolute atomic E-state index is 0.0416. The number of benzene rings is 1. The van der Waals surface area contributed by atoms with E-state index in [1.165, 1.54) is 11.0 Å². The van der Waals surface area contributed by atoms with E-state index in [-0.39, 0.29) is 11.9 Å². The van der Waals surface area contributed by atoms with Crippen LogP contribution in [0, 0.1) is 5.82 Å². The molecule has 1 aliphatic heterocycles. The third-order valence-corrected chi connectivity index (χ3v) is 3.54. The van der Waals surface area contributed by atoms with Crippen molar-refractivity contribution in [1.82, 2.24) is 9.88 Å². The number of anilines is 1. The van der Waals surface area contributed by atoms with Crippen LogP contribution in [0.5, 0.6) is 0 Å². The molecule has 2 heterocycles. The predicted molar refractivity (Wildman–Crippen MR) is 73.3 cm³/mol. The molecule has 20 heavy (non-hydrogen) atoms. The highest BCUT2D eigenvalue weighted by Gasteiger charge is 2.26. The smallest absolute Gasteiger partial charge is 0.407 e. The normalized spacial score (nSPS) is 18.4. The van der Waals surface area contributed by atoms with Gasteiger partial charge in [-0.25, -0.2) is 9.18 Å². The number of pyridine rings is 1. The Morgan fingerprint density at radius 1 is 1.45 bits per heavy atom. The van der Waals surface area contributed by atoms with Crippen molar-refractivity contribution in [2.45, 2.75) is 12.5 Å². The Morgan fingerprint density at radius 3 is 3.05 bits per heavy atom. The van der Waals surface area contributed by atoms with E-state index in [9.17, 15) is 9.18 Å². The van der Waals surface area contributed by atoms with Gasteiger partial charge in [-0.15, -0.1) is 0 Å². The summed E-state index contributed by atoms with van der Waals surface area (Å²) in [6, 6.07) is 6.65. The third kappa shape index (κ3) is 2.24. The highest BCUT2D eigenvalue weighted by atomic mass is 19.1. The summed E-state index contributed by atoms with van der Waals surface area (Å²) in [5, 5.41) is 12.9. The summed E-state index contributed by atoms with van der Waals surface area (Å²) in [5.74, 6) is -0.357. The molecule has 1 amide bonds. The Hall–Kier alpha value is -2.37. The summed E-state index contributed by atoms with van der Waals surface area (Å²) in [6.07, 6.45) is 1.39. The van der Waals surface area contributed by atoms with Crippen LogP contribution in [0.15, 0.2) is 30.5 Å². The first-order valence-electron chi connectivity index (χ1n) is 6.43. The summed E-state index contributed by atoms with van der Waals surface area (Å²) in [4.78, 5) is 16.3. The van der Waals surface area contributed by atoms with Gasteiger partial charge in [0.05, 0.1) is 0 Å². The molecule has 1 atom stereocenters. The molecule has 1 fully saturated rings. The van der Waals surface area contributed by atoms with Gasteiger partial charge >= 0.3 is 6.09 Å². The van der Waals surface area contributed by atoms with Gasteiger partial charge in [0.25, 0.3) is 0 Å². The van der Waals surface area contributed by atoms with Crippen molar-refractivity contribution in [1.29, 1.82) is 0 Å². The molecule has 2 N–H and O–H groups in total. The number of carbonyl (C=O) groups is 1. The highest BCUT2D eigenvalue weighted by molar-refractivity contribution is 5.91. The summed E-state index contributed by atoms with van der Waals surface area (Å²) in [7, 11) is 0. The highest BCUT2D eigenvalue weighted by Crippen LogP contribution is 2.25. The summed E-state index contributed by atoms with van der Waals surface area (Å²) < 4.78 is 13.7. The minimum atomic E-state index is -0.903. The lowest BCUT2D eigenvalue weighted by molar-refractivity contribution is 0.155. The second kappa shape index (κ2) is 4.96. The number of fused-ring (bicyclic) bond motifs is 1. The van der Waals surface area contributed by atoms with E-state index in [1.54, 1.807) is 24.4 Å². The van der Waals surface area contributed by atoms with Crippen LogP contribution in [0.3, 0.4) is 0 Å². The van der Waals surface area contributed by atoms with Gasteiger partial charge in [-0.1, -0.05) is 12.1 Å². The van der Waals surface area contributed by atoms with Crippen LogP contribution in [0.1, 0.15) is 6.42 Å². The second-order valence-corrected chi connectivity index (χ2v) is 4.85. The number of para-hydroxylation sites is 1. The van der Waals surface area contributed by atoms with Crippen LogP contribution in [-0.4, -0.2) is 40.2 Å². The number of amides is 1. The number of hydrogen-bond donors (Lipinski definition) is 2. The van der Waals surface area contributed by atoms with E-state index >= 15 is 0 Å². The Morgan fingerprint density at radius 2 is 2.30 bits per heavy atom. The largest absolute Gasteiger partial charge is 0.465 e. The van der Waals surface area contributed by atoms with Gasteiger partial charge in [-0.2, -0.15) is 0 Å². The number of aromatic nitrogens is 1. The minimum Gasteiger partial charge on any atom is -0.465 e. The number of halogens is 1. The van der Waals surface area contributed by atoms with E-state index in [4.69, 9.17) is 5.11 Å². The first-order valence-corrected chi connectivity index (χ1v) is 6.43. The molecule has 3 rings (SSSR count). The van der Waals surface area contributed by atoms with Crippen molar-refractivity contribution in [2.75, 3.05) is 18.4 Å². The topological polar surface area (TPSA) is 65.5 Å². The molecule has 0 saturated carbocycles. The van der Waals surface area contributed by atoms with Gasteiger partial charge in [-0.3, -0.25) is 4.98 Å². The van der Waals surface area contributed by atoms with Crippen molar-refractivity contribution < 1.29 is 14.3 Å². The maximum Gasteiger partial charge on any atom is 0.407 e. The number of nitrogens with one attached hydrogen (secondary N) is 1. The number of hydrogen-bond acceptors (Lipinski definition) is 3. The number of rotatable bonds is 2. The molecule has 0 bridgehead atoms. The Labute approximate surface area is 115 Å². The fraction of sp³-hybridized carbons (Fsp3) is 0.286. The monoisotopic (exact) mass is 275 g/mol. The molecule has 1 aliphatic rings. The lowest BCUT2D eigenvalue weighted by Crippen LogP contribution is -2.30. The maximum absolute atomic E-state index is 13.7. The molecular weight excluding hydrogens is 261 g/mol. The van der Waals surface area contributed by atoms with Gasteiger partial charge in [0.2, 0.25) is 0 Å². The van der Waals surface area contributed by atoms with Crippen LogP contribution in [0.2, 0.25) is 0 Å². The Bertz CT molecular complexity index is 662. The fourth-order valence-electron chi connectivity index (χ4n) is 2.54. The van der Waals surface area contributed by atoms with Crippen molar-refractivity contribution in [3.05, 3.63) is 36.3 Å². The molecule has 0 spiro atoms. The lowest BCUT2D eigenvalue weighted by Gasteiger charge is -2.16.